The van der Waals surface area contributed by atoms with E-state index in [4.69, 9.17) is 15.3 Å². The van der Waals surface area contributed by atoms with E-state index in [0.29, 0.717) is 6.42 Å². The molecule has 1 atom stereocenters. The molecular formula is C8H18O3. The summed E-state index contributed by atoms with van der Waals surface area (Å²) in [4.78, 5) is 0. The van der Waals surface area contributed by atoms with E-state index in [1.54, 1.807) is 0 Å². The average molecular weight is 162 g/mol. The van der Waals surface area contributed by atoms with E-state index in [0.717, 1.165) is 25.7 Å². The zero-order chi connectivity index (χ0) is 8.53. The summed E-state index contributed by atoms with van der Waals surface area (Å²) in [6.07, 6.45) is 3.55. The highest BCUT2D eigenvalue weighted by atomic mass is 16.3. The third kappa shape index (κ3) is 7.78. The highest BCUT2D eigenvalue weighted by Gasteiger charge is 2.01. The zero-order valence-electron chi connectivity index (χ0n) is 6.87. The van der Waals surface area contributed by atoms with E-state index in [1.165, 1.54) is 0 Å². The number of rotatable bonds is 7. The molecule has 3 heteroatoms. The Kier molecular flexibility index (Phi) is 7.89. The summed E-state index contributed by atoms with van der Waals surface area (Å²) in [5, 5.41) is 26.0. The lowest BCUT2D eigenvalue weighted by atomic mass is 10.1. The Balaban J connectivity index is 2.97. The number of aliphatic hydroxyl groups excluding tert-OH is 3. The van der Waals surface area contributed by atoms with Gasteiger partial charge in [-0.25, -0.2) is 0 Å². The van der Waals surface area contributed by atoms with E-state index in [-0.39, 0.29) is 19.3 Å². The lowest BCUT2D eigenvalue weighted by Gasteiger charge is -2.07. The van der Waals surface area contributed by atoms with Gasteiger partial charge < -0.3 is 15.3 Å². The Morgan fingerprint density at radius 3 is 2.09 bits per heavy atom. The SMILES string of the molecule is OCCCCC[C@H](O)CCO. The van der Waals surface area contributed by atoms with Crippen LogP contribution in [0.15, 0.2) is 0 Å². The normalized spacial score (nSPS) is 13.4. The molecule has 68 valence electrons. The summed E-state index contributed by atoms with van der Waals surface area (Å²) >= 11 is 0. The van der Waals surface area contributed by atoms with Crippen LogP contribution in [0.5, 0.6) is 0 Å². The van der Waals surface area contributed by atoms with Gasteiger partial charge >= 0.3 is 0 Å². The third-order valence-electron chi connectivity index (χ3n) is 1.66. The van der Waals surface area contributed by atoms with Crippen LogP contribution < -0.4 is 0 Å². The summed E-state index contributed by atoms with van der Waals surface area (Å²) < 4.78 is 0. The van der Waals surface area contributed by atoms with Crippen molar-refractivity contribution in [3.8, 4) is 0 Å². The maximum absolute atomic E-state index is 9.13. The van der Waals surface area contributed by atoms with Gasteiger partial charge in [-0.2, -0.15) is 0 Å². The van der Waals surface area contributed by atoms with Crippen LogP contribution in [-0.2, 0) is 0 Å². The number of unbranched alkanes of at least 4 members (excludes halogenated alkanes) is 2. The van der Waals surface area contributed by atoms with Crippen molar-refractivity contribution in [1.82, 2.24) is 0 Å². The van der Waals surface area contributed by atoms with Crippen LogP contribution in [-0.4, -0.2) is 34.6 Å². The van der Waals surface area contributed by atoms with Gasteiger partial charge in [-0.3, -0.25) is 0 Å². The molecule has 0 aromatic carbocycles. The van der Waals surface area contributed by atoms with Gasteiger partial charge in [0.25, 0.3) is 0 Å². The summed E-state index contributed by atoms with van der Waals surface area (Å²) in [5.74, 6) is 0. The van der Waals surface area contributed by atoms with Crippen molar-refractivity contribution < 1.29 is 15.3 Å². The summed E-state index contributed by atoms with van der Waals surface area (Å²) in [5.41, 5.74) is 0. The first-order valence-corrected chi connectivity index (χ1v) is 4.21. The van der Waals surface area contributed by atoms with Crippen LogP contribution in [0.3, 0.4) is 0 Å². The first-order valence-electron chi connectivity index (χ1n) is 4.21. The van der Waals surface area contributed by atoms with Gasteiger partial charge in [0, 0.05) is 13.2 Å². The molecule has 0 aromatic heterocycles. The second-order valence-electron chi connectivity index (χ2n) is 2.74. The second kappa shape index (κ2) is 7.98. The molecule has 3 nitrogen and oxygen atoms in total. The third-order valence-corrected chi connectivity index (χ3v) is 1.66. The van der Waals surface area contributed by atoms with Crippen LogP contribution >= 0.6 is 0 Å². The van der Waals surface area contributed by atoms with E-state index in [2.05, 4.69) is 0 Å². The Morgan fingerprint density at radius 1 is 0.818 bits per heavy atom. The molecule has 0 saturated heterocycles. The first kappa shape index (κ1) is 10.9. The molecule has 3 N–H and O–H groups in total. The standard InChI is InChI=1S/C8H18O3/c9-6-3-1-2-4-8(11)5-7-10/h8-11H,1-7H2/t8-/m0/s1. The molecule has 0 saturated carbocycles. The molecule has 0 unspecified atom stereocenters. The van der Waals surface area contributed by atoms with E-state index < -0.39 is 0 Å². The first-order chi connectivity index (χ1) is 5.31. The maximum atomic E-state index is 9.13. The zero-order valence-corrected chi connectivity index (χ0v) is 6.87. The summed E-state index contributed by atoms with van der Waals surface area (Å²) in [6.45, 7) is 0.289. The Hall–Kier alpha value is -0.120. The van der Waals surface area contributed by atoms with Crippen LogP contribution in [0.25, 0.3) is 0 Å². The Morgan fingerprint density at radius 2 is 1.55 bits per heavy atom. The highest BCUT2D eigenvalue weighted by molar-refractivity contribution is 4.54. The van der Waals surface area contributed by atoms with Crippen molar-refractivity contribution in [2.24, 2.45) is 0 Å². The van der Waals surface area contributed by atoms with Gasteiger partial charge in [0.2, 0.25) is 0 Å². The number of aliphatic hydroxyl groups is 3. The Labute approximate surface area is 67.7 Å². The molecule has 0 bridgehead atoms. The van der Waals surface area contributed by atoms with Crippen molar-refractivity contribution in [3.63, 3.8) is 0 Å². The molecular weight excluding hydrogens is 144 g/mol. The second-order valence-corrected chi connectivity index (χ2v) is 2.74. The monoisotopic (exact) mass is 162 g/mol. The van der Waals surface area contributed by atoms with E-state index >= 15 is 0 Å². The van der Waals surface area contributed by atoms with E-state index in [9.17, 15) is 0 Å². The molecule has 0 aliphatic heterocycles. The van der Waals surface area contributed by atoms with Gasteiger partial charge in [0.1, 0.15) is 0 Å². The minimum absolute atomic E-state index is 0.0567. The van der Waals surface area contributed by atoms with Crippen molar-refractivity contribution >= 4 is 0 Å². The van der Waals surface area contributed by atoms with Crippen molar-refractivity contribution in [2.45, 2.75) is 38.2 Å². The fourth-order valence-corrected chi connectivity index (χ4v) is 0.962. The fourth-order valence-electron chi connectivity index (χ4n) is 0.962. The summed E-state index contributed by atoms with van der Waals surface area (Å²) in [7, 11) is 0. The van der Waals surface area contributed by atoms with Crippen LogP contribution in [0.4, 0.5) is 0 Å². The largest absolute Gasteiger partial charge is 0.396 e. The molecule has 0 aromatic rings. The molecule has 0 fully saturated rings. The van der Waals surface area contributed by atoms with Gasteiger partial charge in [-0.1, -0.05) is 12.8 Å². The molecule has 0 amide bonds. The molecule has 0 rings (SSSR count). The van der Waals surface area contributed by atoms with Gasteiger partial charge in [0.05, 0.1) is 6.10 Å². The van der Waals surface area contributed by atoms with Crippen LogP contribution in [0.2, 0.25) is 0 Å². The highest BCUT2D eigenvalue weighted by Crippen LogP contribution is 2.05. The van der Waals surface area contributed by atoms with Gasteiger partial charge in [-0.05, 0) is 19.3 Å². The van der Waals surface area contributed by atoms with E-state index in [1.807, 2.05) is 0 Å². The maximum Gasteiger partial charge on any atom is 0.0562 e. The molecule has 0 aliphatic carbocycles. The summed E-state index contributed by atoms with van der Waals surface area (Å²) in [6, 6.07) is 0. The topological polar surface area (TPSA) is 60.7 Å². The minimum atomic E-state index is -0.362. The Bertz CT molecular complexity index is 75.7. The lowest BCUT2D eigenvalue weighted by molar-refractivity contribution is 0.121. The number of hydrogen-bond acceptors (Lipinski definition) is 3. The van der Waals surface area contributed by atoms with Crippen molar-refractivity contribution in [3.05, 3.63) is 0 Å². The minimum Gasteiger partial charge on any atom is -0.396 e. The predicted octanol–water partition coefficient (Wildman–Crippen LogP) is 0.282. The molecule has 0 heterocycles. The molecule has 11 heavy (non-hydrogen) atoms. The molecule has 0 aliphatic rings. The predicted molar refractivity (Wildman–Crippen MR) is 43.3 cm³/mol. The van der Waals surface area contributed by atoms with Crippen molar-refractivity contribution in [1.29, 1.82) is 0 Å². The lowest BCUT2D eigenvalue weighted by Crippen LogP contribution is -2.08. The fraction of sp³-hybridized carbons (Fsp3) is 1.00. The van der Waals surface area contributed by atoms with Gasteiger partial charge in [0.15, 0.2) is 0 Å². The smallest absolute Gasteiger partial charge is 0.0562 e. The van der Waals surface area contributed by atoms with Crippen molar-refractivity contribution in [2.75, 3.05) is 13.2 Å². The van der Waals surface area contributed by atoms with Gasteiger partial charge in [-0.15, -0.1) is 0 Å². The average Bonchev–Trinajstić information content (AvgIpc) is 1.99. The van der Waals surface area contributed by atoms with Crippen LogP contribution in [0.1, 0.15) is 32.1 Å². The molecule has 0 radical (unpaired) electrons. The quantitative estimate of drug-likeness (QED) is 0.471. The number of hydrogen-bond donors (Lipinski definition) is 3. The molecule has 0 spiro atoms. The van der Waals surface area contributed by atoms with Crippen LogP contribution in [0, 0.1) is 0 Å².